The van der Waals surface area contributed by atoms with Crippen molar-refractivity contribution in [2.75, 3.05) is 39.3 Å². The molecule has 1 aromatic rings. The van der Waals surface area contributed by atoms with Crippen LogP contribution >= 0.6 is 15.9 Å². The number of rotatable bonds is 4. The van der Waals surface area contributed by atoms with Gasteiger partial charge >= 0.3 is 0 Å². The van der Waals surface area contributed by atoms with Crippen molar-refractivity contribution in [3.8, 4) is 5.75 Å². The van der Waals surface area contributed by atoms with Crippen LogP contribution in [0.2, 0.25) is 0 Å². The molecule has 2 fully saturated rings. The van der Waals surface area contributed by atoms with Gasteiger partial charge in [0, 0.05) is 24.1 Å². The Balaban J connectivity index is 1.45. The molecular formula is C17H25BrN2O. The van der Waals surface area contributed by atoms with E-state index in [0.717, 1.165) is 23.4 Å². The van der Waals surface area contributed by atoms with E-state index in [9.17, 15) is 0 Å². The second kappa shape index (κ2) is 7.12. The third-order valence-electron chi connectivity index (χ3n) is 4.79. The highest BCUT2D eigenvalue weighted by Crippen LogP contribution is 2.35. The molecule has 116 valence electrons. The number of halogens is 1. The van der Waals surface area contributed by atoms with E-state index >= 15 is 0 Å². The summed E-state index contributed by atoms with van der Waals surface area (Å²) in [5.74, 6) is 0.962. The van der Waals surface area contributed by atoms with E-state index in [4.69, 9.17) is 4.74 Å². The molecule has 0 amide bonds. The fourth-order valence-electron chi connectivity index (χ4n) is 3.70. The molecule has 1 unspecified atom stereocenters. The van der Waals surface area contributed by atoms with E-state index in [1.807, 2.05) is 24.3 Å². The first-order valence-corrected chi connectivity index (χ1v) is 8.87. The second-order valence-electron chi connectivity index (χ2n) is 6.46. The highest BCUT2D eigenvalue weighted by molar-refractivity contribution is 9.10. The van der Waals surface area contributed by atoms with E-state index in [1.165, 1.54) is 51.9 Å². The van der Waals surface area contributed by atoms with Gasteiger partial charge in [0.1, 0.15) is 12.4 Å². The molecule has 1 atom stereocenters. The third-order valence-corrected chi connectivity index (χ3v) is 5.32. The predicted octanol–water partition coefficient (Wildman–Crippen LogP) is 3.29. The van der Waals surface area contributed by atoms with Crippen LogP contribution in [0.4, 0.5) is 0 Å². The van der Waals surface area contributed by atoms with Crippen LogP contribution < -0.4 is 10.1 Å². The lowest BCUT2D eigenvalue weighted by Crippen LogP contribution is -2.51. The maximum atomic E-state index is 5.86. The molecule has 1 spiro atoms. The molecule has 4 heteroatoms. The minimum Gasteiger partial charge on any atom is -0.492 e. The number of nitrogens with zero attached hydrogens (tertiary/aromatic N) is 1. The van der Waals surface area contributed by atoms with Crippen LogP contribution in [0.1, 0.15) is 25.7 Å². The van der Waals surface area contributed by atoms with E-state index in [2.05, 4.69) is 26.1 Å². The monoisotopic (exact) mass is 352 g/mol. The Kier molecular flexibility index (Phi) is 5.19. The van der Waals surface area contributed by atoms with Gasteiger partial charge in [0.25, 0.3) is 0 Å². The molecule has 21 heavy (non-hydrogen) atoms. The van der Waals surface area contributed by atoms with Crippen molar-refractivity contribution in [3.63, 3.8) is 0 Å². The lowest BCUT2D eigenvalue weighted by molar-refractivity contribution is 0.0563. The minimum absolute atomic E-state index is 0.536. The molecule has 0 aliphatic carbocycles. The summed E-state index contributed by atoms with van der Waals surface area (Å²) in [6, 6.07) is 8.09. The molecule has 0 radical (unpaired) electrons. The van der Waals surface area contributed by atoms with Gasteiger partial charge in [-0.3, -0.25) is 4.90 Å². The molecule has 2 aliphatic heterocycles. The fraction of sp³-hybridized carbons (Fsp3) is 0.647. The first-order valence-electron chi connectivity index (χ1n) is 8.07. The summed E-state index contributed by atoms with van der Waals surface area (Å²) in [6.45, 7) is 6.70. The van der Waals surface area contributed by atoms with Crippen molar-refractivity contribution in [3.05, 3.63) is 28.7 Å². The number of hydrogen-bond acceptors (Lipinski definition) is 3. The smallest absolute Gasteiger partial charge is 0.119 e. The topological polar surface area (TPSA) is 24.5 Å². The zero-order chi connectivity index (χ0) is 14.5. The molecular weight excluding hydrogens is 328 g/mol. The Morgan fingerprint density at radius 2 is 2.00 bits per heavy atom. The van der Waals surface area contributed by atoms with Crippen molar-refractivity contribution >= 4 is 15.9 Å². The summed E-state index contributed by atoms with van der Waals surface area (Å²) in [4.78, 5) is 2.59. The first-order chi connectivity index (χ1) is 10.3. The lowest BCUT2D eigenvalue weighted by Gasteiger charge is -2.45. The van der Waals surface area contributed by atoms with Crippen molar-refractivity contribution < 1.29 is 4.74 Å². The van der Waals surface area contributed by atoms with Gasteiger partial charge in [-0.25, -0.2) is 0 Å². The number of piperidine rings is 2. The maximum absolute atomic E-state index is 5.86. The summed E-state index contributed by atoms with van der Waals surface area (Å²) in [5, 5.41) is 3.59. The molecule has 0 saturated carbocycles. The molecule has 3 rings (SSSR count). The molecule has 0 aromatic heterocycles. The van der Waals surface area contributed by atoms with Crippen molar-refractivity contribution in [1.29, 1.82) is 0 Å². The Morgan fingerprint density at radius 3 is 2.76 bits per heavy atom. The number of benzene rings is 1. The number of hydrogen-bond donors (Lipinski definition) is 1. The number of likely N-dealkylation sites (tertiary alicyclic amines) is 1. The average molecular weight is 353 g/mol. The van der Waals surface area contributed by atoms with E-state index < -0.39 is 0 Å². The SMILES string of the molecule is Brc1ccc(OCCN2CCCC3(CCCNC3)C2)cc1. The Bertz CT molecular complexity index is 437. The minimum atomic E-state index is 0.536. The highest BCUT2D eigenvalue weighted by atomic mass is 79.9. The average Bonchev–Trinajstić information content (AvgIpc) is 2.50. The molecule has 2 heterocycles. The molecule has 1 aromatic carbocycles. The summed E-state index contributed by atoms with van der Waals surface area (Å²) in [7, 11) is 0. The fourth-order valence-corrected chi connectivity index (χ4v) is 3.97. The van der Waals surface area contributed by atoms with Gasteiger partial charge in [0.15, 0.2) is 0 Å². The summed E-state index contributed by atoms with van der Waals surface area (Å²) < 4.78 is 6.96. The quantitative estimate of drug-likeness (QED) is 0.899. The van der Waals surface area contributed by atoms with Crippen molar-refractivity contribution in [2.24, 2.45) is 5.41 Å². The molecule has 0 bridgehead atoms. The van der Waals surface area contributed by atoms with E-state index in [-0.39, 0.29) is 0 Å². The van der Waals surface area contributed by atoms with Crippen LogP contribution in [-0.2, 0) is 0 Å². The van der Waals surface area contributed by atoms with E-state index in [0.29, 0.717) is 5.41 Å². The van der Waals surface area contributed by atoms with Crippen LogP contribution in [0.3, 0.4) is 0 Å². The zero-order valence-corrected chi connectivity index (χ0v) is 14.2. The van der Waals surface area contributed by atoms with Gasteiger partial charge in [0.2, 0.25) is 0 Å². The van der Waals surface area contributed by atoms with Gasteiger partial charge in [-0.1, -0.05) is 15.9 Å². The third kappa shape index (κ3) is 4.21. The number of ether oxygens (including phenoxy) is 1. The summed E-state index contributed by atoms with van der Waals surface area (Å²) in [5.41, 5.74) is 0.536. The lowest BCUT2D eigenvalue weighted by atomic mass is 9.74. The van der Waals surface area contributed by atoms with E-state index in [1.54, 1.807) is 0 Å². The zero-order valence-electron chi connectivity index (χ0n) is 12.6. The molecule has 1 N–H and O–H groups in total. The van der Waals surface area contributed by atoms with Gasteiger partial charge in [0.05, 0.1) is 0 Å². The Morgan fingerprint density at radius 1 is 1.19 bits per heavy atom. The van der Waals surface area contributed by atoms with Crippen molar-refractivity contribution in [2.45, 2.75) is 25.7 Å². The van der Waals surface area contributed by atoms with Crippen LogP contribution in [0, 0.1) is 5.41 Å². The summed E-state index contributed by atoms with van der Waals surface area (Å²) in [6.07, 6.45) is 5.46. The largest absolute Gasteiger partial charge is 0.492 e. The Labute approximate surface area is 136 Å². The van der Waals surface area contributed by atoms with Crippen LogP contribution in [0.5, 0.6) is 5.75 Å². The van der Waals surface area contributed by atoms with Crippen LogP contribution in [0.15, 0.2) is 28.7 Å². The van der Waals surface area contributed by atoms with Crippen LogP contribution in [-0.4, -0.2) is 44.2 Å². The highest BCUT2D eigenvalue weighted by Gasteiger charge is 2.36. The predicted molar refractivity (Wildman–Crippen MR) is 89.8 cm³/mol. The normalized spacial score (nSPS) is 26.9. The van der Waals surface area contributed by atoms with Crippen molar-refractivity contribution in [1.82, 2.24) is 10.2 Å². The van der Waals surface area contributed by atoms with Gasteiger partial charge in [-0.05, 0) is 68.5 Å². The van der Waals surface area contributed by atoms with Gasteiger partial charge in [-0.2, -0.15) is 0 Å². The first kappa shape index (κ1) is 15.3. The second-order valence-corrected chi connectivity index (χ2v) is 7.38. The van der Waals surface area contributed by atoms with Gasteiger partial charge in [-0.15, -0.1) is 0 Å². The number of nitrogens with one attached hydrogen (secondary N) is 1. The standard InChI is InChI=1S/C17H25BrN2O/c18-15-3-5-16(6-4-15)21-12-11-20-10-2-8-17(14-20)7-1-9-19-13-17/h3-6,19H,1-2,7-14H2. The maximum Gasteiger partial charge on any atom is 0.119 e. The Hall–Kier alpha value is -0.580. The summed E-state index contributed by atoms with van der Waals surface area (Å²) >= 11 is 3.45. The molecule has 2 saturated heterocycles. The van der Waals surface area contributed by atoms with Gasteiger partial charge < -0.3 is 10.1 Å². The molecule has 2 aliphatic rings. The molecule has 3 nitrogen and oxygen atoms in total. The van der Waals surface area contributed by atoms with Crippen LogP contribution in [0.25, 0.3) is 0 Å².